The minimum Gasteiger partial charge on any atom is -0.344 e. The van der Waals surface area contributed by atoms with Gasteiger partial charge in [0.25, 0.3) is 0 Å². The molecule has 1 aromatic rings. The molecule has 0 aromatic heterocycles. The average Bonchev–Trinajstić information content (AvgIpc) is 3.05. The molecule has 3 rings (SSSR count). The number of nitrogens with one attached hydrogen (secondary N) is 1. The molecule has 1 atom stereocenters. The first kappa shape index (κ1) is 18.0. The number of anilines is 1. The van der Waals surface area contributed by atoms with Crippen LogP contribution in [-0.4, -0.2) is 24.4 Å². The Morgan fingerprint density at radius 3 is 2.60 bits per heavy atom. The number of nitrogens with zero attached hydrogens (tertiary/aromatic N) is 1. The highest BCUT2D eigenvalue weighted by Crippen LogP contribution is 2.39. The Labute approximate surface area is 151 Å². The molecule has 4 nitrogen and oxygen atoms in total. The molecule has 25 heavy (non-hydrogen) atoms. The molecule has 0 radical (unpaired) electrons. The van der Waals surface area contributed by atoms with Crippen molar-refractivity contribution in [2.45, 2.75) is 70.8 Å². The maximum Gasteiger partial charge on any atom is 0.249 e. The van der Waals surface area contributed by atoms with Crippen LogP contribution in [0.1, 0.15) is 64.9 Å². The summed E-state index contributed by atoms with van der Waals surface area (Å²) >= 11 is 0. The second kappa shape index (κ2) is 7.19. The maximum atomic E-state index is 13.1. The first-order valence-electron chi connectivity index (χ1n) is 9.62. The Kier molecular flexibility index (Phi) is 5.16. The summed E-state index contributed by atoms with van der Waals surface area (Å²) in [5.41, 5.74) is 1.99. The van der Waals surface area contributed by atoms with Gasteiger partial charge in [-0.3, -0.25) is 9.59 Å². The fraction of sp³-hybridized carbons (Fsp3) is 0.619. The minimum atomic E-state index is -0.448. The van der Waals surface area contributed by atoms with Gasteiger partial charge >= 0.3 is 0 Å². The average molecular weight is 342 g/mol. The summed E-state index contributed by atoms with van der Waals surface area (Å²) in [7, 11) is 0. The summed E-state index contributed by atoms with van der Waals surface area (Å²) in [6.45, 7) is 6.92. The highest BCUT2D eigenvalue weighted by Gasteiger charge is 2.39. The van der Waals surface area contributed by atoms with Crippen molar-refractivity contribution in [3.63, 3.8) is 0 Å². The van der Waals surface area contributed by atoms with Crippen molar-refractivity contribution in [2.24, 2.45) is 5.92 Å². The molecule has 1 unspecified atom stereocenters. The summed E-state index contributed by atoms with van der Waals surface area (Å²) < 4.78 is 0. The van der Waals surface area contributed by atoms with E-state index in [2.05, 4.69) is 25.2 Å². The molecule has 136 valence electrons. The van der Waals surface area contributed by atoms with Crippen LogP contribution in [0, 0.1) is 5.92 Å². The van der Waals surface area contributed by atoms with Crippen LogP contribution in [-0.2, 0) is 15.0 Å². The lowest BCUT2D eigenvalue weighted by Gasteiger charge is -2.27. The highest BCUT2D eigenvalue weighted by atomic mass is 16.2. The topological polar surface area (TPSA) is 49.4 Å². The third-order valence-electron chi connectivity index (χ3n) is 5.80. The Morgan fingerprint density at radius 2 is 1.92 bits per heavy atom. The van der Waals surface area contributed by atoms with E-state index < -0.39 is 6.04 Å². The molecular weight excluding hydrogens is 312 g/mol. The lowest BCUT2D eigenvalue weighted by Crippen LogP contribution is -2.49. The summed E-state index contributed by atoms with van der Waals surface area (Å²) in [6.07, 6.45) is 5.94. The van der Waals surface area contributed by atoms with Crippen molar-refractivity contribution in [2.75, 3.05) is 11.4 Å². The minimum absolute atomic E-state index is 0.0142. The molecule has 1 fully saturated rings. The Hall–Kier alpha value is -1.84. The van der Waals surface area contributed by atoms with Crippen molar-refractivity contribution in [1.29, 1.82) is 0 Å². The third-order valence-corrected chi connectivity index (χ3v) is 5.80. The number of hydrogen-bond acceptors (Lipinski definition) is 2. The van der Waals surface area contributed by atoms with Crippen LogP contribution in [0.2, 0.25) is 0 Å². The molecule has 2 amide bonds. The normalized spacial score (nSPS) is 23.2. The quantitative estimate of drug-likeness (QED) is 0.905. The van der Waals surface area contributed by atoms with Gasteiger partial charge in [0.15, 0.2) is 0 Å². The molecule has 1 aliphatic carbocycles. The van der Waals surface area contributed by atoms with Gasteiger partial charge in [-0.1, -0.05) is 44.9 Å². The monoisotopic (exact) mass is 342 g/mol. The number of carbonyl (C=O) groups is 2. The van der Waals surface area contributed by atoms with Crippen LogP contribution < -0.4 is 10.2 Å². The van der Waals surface area contributed by atoms with Crippen LogP contribution in [0.15, 0.2) is 24.3 Å². The molecule has 1 heterocycles. The van der Waals surface area contributed by atoms with E-state index in [1.54, 1.807) is 0 Å². The van der Waals surface area contributed by atoms with Gasteiger partial charge in [0, 0.05) is 18.7 Å². The van der Waals surface area contributed by atoms with E-state index in [9.17, 15) is 9.59 Å². The number of amides is 2. The van der Waals surface area contributed by atoms with Gasteiger partial charge in [-0.25, -0.2) is 0 Å². The first-order valence-corrected chi connectivity index (χ1v) is 9.62. The predicted molar refractivity (Wildman–Crippen MR) is 101 cm³/mol. The zero-order chi connectivity index (χ0) is 18.0. The number of para-hydroxylation sites is 1. The second-order valence-corrected chi connectivity index (χ2v) is 8.16. The lowest BCUT2D eigenvalue weighted by atomic mass is 9.79. The number of rotatable bonds is 4. The fourth-order valence-electron chi connectivity index (χ4n) is 4.46. The smallest absolute Gasteiger partial charge is 0.249 e. The van der Waals surface area contributed by atoms with Crippen LogP contribution in [0.4, 0.5) is 5.69 Å². The SMILES string of the molecule is CCN1C(=O)C(NC(=O)CC2CCCC2)CC(C)(C)c2ccccc21. The first-order chi connectivity index (χ1) is 11.9. The van der Waals surface area contributed by atoms with Gasteiger partial charge in [-0.2, -0.15) is 0 Å². The number of hydrogen-bond donors (Lipinski definition) is 1. The zero-order valence-electron chi connectivity index (χ0n) is 15.7. The third kappa shape index (κ3) is 3.73. The molecule has 1 aliphatic heterocycles. The van der Waals surface area contributed by atoms with E-state index in [-0.39, 0.29) is 17.2 Å². The molecule has 0 bridgehead atoms. The molecule has 4 heteroatoms. The molecule has 0 saturated heterocycles. The largest absolute Gasteiger partial charge is 0.344 e. The van der Waals surface area contributed by atoms with Crippen LogP contribution in [0.25, 0.3) is 0 Å². The summed E-state index contributed by atoms with van der Waals surface area (Å²) in [5, 5.41) is 3.06. The molecule has 1 saturated carbocycles. The highest BCUT2D eigenvalue weighted by molar-refractivity contribution is 6.00. The number of likely N-dealkylation sites (N-methyl/N-ethyl adjacent to an activating group) is 1. The Bertz CT molecular complexity index is 647. The zero-order valence-corrected chi connectivity index (χ0v) is 15.7. The Balaban J connectivity index is 1.81. The summed E-state index contributed by atoms with van der Waals surface area (Å²) in [6, 6.07) is 7.67. The molecule has 1 aromatic carbocycles. The van der Waals surface area contributed by atoms with Gasteiger partial charge in [-0.15, -0.1) is 0 Å². The van der Waals surface area contributed by atoms with Crippen LogP contribution in [0.3, 0.4) is 0 Å². The maximum absolute atomic E-state index is 13.1. The summed E-state index contributed by atoms with van der Waals surface area (Å²) in [5.74, 6) is 0.539. The van der Waals surface area contributed by atoms with Crippen LogP contribution >= 0.6 is 0 Å². The van der Waals surface area contributed by atoms with Gasteiger partial charge in [-0.05, 0) is 49.1 Å². The van der Waals surface area contributed by atoms with E-state index in [1.165, 1.54) is 18.4 Å². The van der Waals surface area contributed by atoms with Gasteiger partial charge in [0.2, 0.25) is 11.8 Å². The molecule has 1 N–H and O–H groups in total. The second-order valence-electron chi connectivity index (χ2n) is 8.16. The van der Waals surface area contributed by atoms with E-state index in [4.69, 9.17) is 0 Å². The number of benzene rings is 1. The van der Waals surface area contributed by atoms with Crippen LogP contribution in [0.5, 0.6) is 0 Å². The standard InChI is InChI=1S/C21H30N2O2/c1-4-23-18-12-8-7-11-16(18)21(2,3)14-17(20(23)25)22-19(24)13-15-9-5-6-10-15/h7-8,11-12,15,17H,4-6,9-10,13-14H2,1-3H3,(H,22,24). The van der Waals surface area contributed by atoms with Gasteiger partial charge < -0.3 is 10.2 Å². The van der Waals surface area contributed by atoms with Gasteiger partial charge in [0.05, 0.1) is 0 Å². The van der Waals surface area contributed by atoms with Gasteiger partial charge in [0.1, 0.15) is 6.04 Å². The lowest BCUT2D eigenvalue weighted by molar-refractivity contribution is -0.128. The van der Waals surface area contributed by atoms with E-state index >= 15 is 0 Å². The van der Waals surface area contributed by atoms with Crippen molar-refractivity contribution >= 4 is 17.5 Å². The Morgan fingerprint density at radius 1 is 1.24 bits per heavy atom. The fourth-order valence-corrected chi connectivity index (χ4v) is 4.46. The predicted octanol–water partition coefficient (Wildman–Crippen LogP) is 3.79. The molecular formula is C21H30N2O2. The van der Waals surface area contributed by atoms with Crippen molar-refractivity contribution in [3.05, 3.63) is 29.8 Å². The summed E-state index contributed by atoms with van der Waals surface area (Å²) in [4.78, 5) is 27.5. The van der Waals surface area contributed by atoms with E-state index in [1.807, 2.05) is 30.0 Å². The number of carbonyl (C=O) groups excluding carboxylic acids is 2. The van der Waals surface area contributed by atoms with Crippen molar-refractivity contribution < 1.29 is 9.59 Å². The molecule has 2 aliphatic rings. The van der Waals surface area contributed by atoms with Crippen molar-refractivity contribution in [3.8, 4) is 0 Å². The van der Waals surface area contributed by atoms with E-state index in [0.717, 1.165) is 18.5 Å². The number of fused-ring (bicyclic) bond motifs is 1. The van der Waals surface area contributed by atoms with Crippen molar-refractivity contribution in [1.82, 2.24) is 5.32 Å². The molecule has 0 spiro atoms. The van der Waals surface area contributed by atoms with E-state index in [0.29, 0.717) is 25.3 Å².